The second kappa shape index (κ2) is 15.6. The number of ether oxygens (including phenoxy) is 2. The maximum atomic E-state index is 14.3. The van der Waals surface area contributed by atoms with E-state index in [0.717, 1.165) is 53.3 Å². The van der Waals surface area contributed by atoms with Gasteiger partial charge in [-0.25, -0.2) is 19.6 Å². The SMILES string of the molecule is COC(=O)N[C@H](C(=O)N1[C@@H]2C[C@@H]2C[C@H]1c1nc(C#Cc2ccc3cc(-c4c[nH]c([C@@H]5CC6C[C@H]6N5C(=O)[C@@H](NC(=O)O)C(C)C)n4)ccc3c2)c[nH]1)[C@H]1C[C@@H](C)O[C@@H](C)C1. The van der Waals surface area contributed by atoms with E-state index in [-0.39, 0.29) is 60.0 Å². The van der Waals surface area contributed by atoms with E-state index >= 15 is 0 Å². The van der Waals surface area contributed by atoms with Crippen LogP contribution in [0.1, 0.15) is 101 Å². The van der Waals surface area contributed by atoms with Crippen LogP contribution in [0.5, 0.6) is 0 Å². The second-order valence-corrected chi connectivity index (χ2v) is 17.8. The Balaban J connectivity index is 0.884. The minimum Gasteiger partial charge on any atom is -0.465 e. The zero-order chi connectivity index (χ0) is 42.0. The monoisotopic (exact) mass is 816 g/mol. The van der Waals surface area contributed by atoms with Crippen molar-refractivity contribution in [2.24, 2.45) is 23.7 Å². The van der Waals surface area contributed by atoms with Crippen LogP contribution in [0.2, 0.25) is 0 Å². The zero-order valence-electron chi connectivity index (χ0n) is 34.5. The number of carbonyl (C=O) groups is 4. The van der Waals surface area contributed by atoms with Gasteiger partial charge in [0.15, 0.2) is 0 Å². The maximum absolute atomic E-state index is 14.3. The number of alkyl carbamates (subject to hydrolysis) is 1. The van der Waals surface area contributed by atoms with Crippen molar-refractivity contribution in [1.82, 2.24) is 40.4 Å². The molecule has 5 heterocycles. The lowest BCUT2D eigenvalue weighted by molar-refractivity contribution is -0.140. The van der Waals surface area contributed by atoms with E-state index < -0.39 is 24.3 Å². The number of hydrogen-bond donors (Lipinski definition) is 5. The molecule has 2 aliphatic carbocycles. The number of nitrogens with one attached hydrogen (secondary N) is 4. The Bertz CT molecular complexity index is 2390. The summed E-state index contributed by atoms with van der Waals surface area (Å²) in [5, 5.41) is 16.7. The summed E-state index contributed by atoms with van der Waals surface area (Å²) >= 11 is 0. The molecule has 314 valence electrons. The first kappa shape index (κ1) is 39.6. The summed E-state index contributed by atoms with van der Waals surface area (Å²) < 4.78 is 10.9. The number of aromatic nitrogens is 4. The molecular formula is C45H52N8O7. The molecule has 3 aliphatic heterocycles. The number of nitrogens with zero attached hydrogens (tertiary/aromatic N) is 4. The first-order valence-electron chi connectivity index (χ1n) is 21.2. The highest BCUT2D eigenvalue weighted by Gasteiger charge is 2.58. The summed E-state index contributed by atoms with van der Waals surface area (Å²) in [4.78, 5) is 72.1. The van der Waals surface area contributed by atoms with E-state index in [4.69, 9.17) is 19.4 Å². The predicted molar refractivity (Wildman–Crippen MR) is 220 cm³/mol. The highest BCUT2D eigenvalue weighted by Crippen LogP contribution is 2.54. The second-order valence-electron chi connectivity index (χ2n) is 17.8. The molecule has 0 bridgehead atoms. The summed E-state index contributed by atoms with van der Waals surface area (Å²) in [6.45, 7) is 7.70. The highest BCUT2D eigenvalue weighted by molar-refractivity contribution is 5.89. The lowest BCUT2D eigenvalue weighted by Crippen LogP contribution is -2.55. The Morgan fingerprint density at radius 2 is 1.45 bits per heavy atom. The van der Waals surface area contributed by atoms with Crippen LogP contribution in [0.15, 0.2) is 48.8 Å². The Kier molecular flexibility index (Phi) is 10.3. The number of piperidine rings is 2. The van der Waals surface area contributed by atoms with Crippen LogP contribution in [0, 0.1) is 35.5 Å². The molecule has 15 nitrogen and oxygen atoms in total. The van der Waals surface area contributed by atoms with E-state index in [9.17, 15) is 24.3 Å². The molecule has 5 fully saturated rings. The molecule has 1 unspecified atom stereocenters. The third-order valence-electron chi connectivity index (χ3n) is 13.2. The van der Waals surface area contributed by atoms with E-state index in [2.05, 4.69) is 38.5 Å². The summed E-state index contributed by atoms with van der Waals surface area (Å²) in [6.07, 6.45) is 6.61. The number of fused-ring (bicyclic) bond motifs is 3. The van der Waals surface area contributed by atoms with Gasteiger partial charge < -0.3 is 45.0 Å². The van der Waals surface area contributed by atoms with Gasteiger partial charge in [0, 0.05) is 35.6 Å². The lowest BCUT2D eigenvalue weighted by atomic mass is 9.85. The van der Waals surface area contributed by atoms with Crippen molar-refractivity contribution in [2.75, 3.05) is 7.11 Å². The average molecular weight is 817 g/mol. The van der Waals surface area contributed by atoms with Gasteiger partial charge in [-0.05, 0) is 111 Å². The first-order chi connectivity index (χ1) is 28.8. The first-order valence-corrected chi connectivity index (χ1v) is 21.2. The van der Waals surface area contributed by atoms with Crippen LogP contribution in [-0.2, 0) is 19.1 Å². The molecule has 4 amide bonds. The average Bonchev–Trinajstić information content (AvgIpc) is 3.81. The molecule has 2 aromatic carbocycles. The van der Waals surface area contributed by atoms with Crippen molar-refractivity contribution in [2.45, 2.75) is 115 Å². The van der Waals surface area contributed by atoms with Gasteiger partial charge in [0.1, 0.15) is 29.4 Å². The van der Waals surface area contributed by atoms with Gasteiger partial charge in [-0.1, -0.05) is 38.0 Å². The third kappa shape index (κ3) is 7.69. The largest absolute Gasteiger partial charge is 0.465 e. The number of carbonyl (C=O) groups excluding carboxylic acids is 3. The zero-order valence-corrected chi connectivity index (χ0v) is 34.5. The normalized spacial score (nSPS) is 28.6. The molecular weight excluding hydrogens is 765 g/mol. The third-order valence-corrected chi connectivity index (χ3v) is 13.2. The van der Waals surface area contributed by atoms with Crippen LogP contribution in [0.3, 0.4) is 0 Å². The van der Waals surface area contributed by atoms with Crippen LogP contribution in [0.4, 0.5) is 9.59 Å². The van der Waals surface area contributed by atoms with Gasteiger partial charge >= 0.3 is 12.2 Å². The van der Waals surface area contributed by atoms with E-state index in [1.165, 1.54) is 7.11 Å². The van der Waals surface area contributed by atoms with Crippen molar-refractivity contribution in [3.05, 3.63) is 71.7 Å². The fourth-order valence-corrected chi connectivity index (χ4v) is 10.1. The number of hydrogen-bond acceptors (Lipinski definition) is 8. The van der Waals surface area contributed by atoms with Gasteiger partial charge in [-0.2, -0.15) is 0 Å². The number of rotatable bonds is 9. The number of H-pyrrole nitrogens is 2. The Labute approximate surface area is 348 Å². The maximum Gasteiger partial charge on any atom is 0.407 e. The van der Waals surface area contributed by atoms with Crippen molar-refractivity contribution in [1.29, 1.82) is 0 Å². The van der Waals surface area contributed by atoms with Crippen molar-refractivity contribution in [3.8, 4) is 23.1 Å². The van der Waals surface area contributed by atoms with E-state index in [1.807, 2.05) is 74.0 Å². The molecule has 15 heteroatoms. The molecule has 3 saturated heterocycles. The molecule has 0 spiro atoms. The molecule has 11 atom stereocenters. The van der Waals surface area contributed by atoms with Crippen LogP contribution in [-0.4, -0.2) is 102 Å². The fourth-order valence-electron chi connectivity index (χ4n) is 10.1. The standard InChI is InChI=1S/C45H52N8O7/c1-22(2)38(50-44(56)57)42(54)52-34-16-30(34)19-37(52)41-47-21-33(49-41)28-10-9-26-14-25(6-8-27(26)15-28)7-11-32-20-46-40(48-32)36-18-29-17-35(29)53(36)43(55)39(51-45(58)59-5)31-12-23(3)60-24(4)13-31/h6,8-10,14-15,20-24,29-31,34-39,50H,12-13,16-19H2,1-5H3,(H,46,48)(H,47,49)(H,51,58)(H,56,57)/t23-,24+,29-,30?,31+,34-,35-,36+,37+,38+,39+/m1/s1. The smallest absolute Gasteiger partial charge is 0.407 e. The van der Waals surface area contributed by atoms with Gasteiger partial charge in [0.05, 0.1) is 37.1 Å². The number of methoxy groups -OCH3 is 1. The summed E-state index contributed by atoms with van der Waals surface area (Å²) in [5.74, 6) is 8.11. The lowest BCUT2D eigenvalue weighted by Gasteiger charge is -2.38. The Morgan fingerprint density at radius 1 is 0.817 bits per heavy atom. The molecule has 5 N–H and O–H groups in total. The van der Waals surface area contributed by atoms with E-state index in [0.29, 0.717) is 42.0 Å². The molecule has 5 aliphatic rings. The van der Waals surface area contributed by atoms with Crippen molar-refractivity contribution >= 4 is 34.8 Å². The van der Waals surface area contributed by atoms with Crippen LogP contribution >= 0.6 is 0 Å². The van der Waals surface area contributed by atoms with Crippen molar-refractivity contribution < 1.29 is 33.8 Å². The molecule has 9 rings (SSSR count). The summed E-state index contributed by atoms with van der Waals surface area (Å²) in [6, 6.07) is 10.4. The topological polar surface area (TPSA) is 195 Å². The Hall–Kier alpha value is -5.88. The number of benzene rings is 2. The minimum atomic E-state index is -1.21. The molecule has 0 radical (unpaired) electrons. The van der Waals surface area contributed by atoms with Crippen LogP contribution < -0.4 is 10.6 Å². The van der Waals surface area contributed by atoms with Crippen LogP contribution in [0.25, 0.3) is 22.0 Å². The van der Waals surface area contributed by atoms with Gasteiger partial charge in [0.25, 0.3) is 0 Å². The summed E-state index contributed by atoms with van der Waals surface area (Å²) in [7, 11) is 1.31. The van der Waals surface area contributed by atoms with Gasteiger partial charge in [0.2, 0.25) is 11.8 Å². The quantitative estimate of drug-likeness (QED) is 0.128. The fraction of sp³-hybridized carbons (Fsp3) is 0.511. The van der Waals surface area contributed by atoms with Crippen molar-refractivity contribution in [3.63, 3.8) is 0 Å². The van der Waals surface area contributed by atoms with E-state index in [1.54, 1.807) is 6.20 Å². The Morgan fingerprint density at radius 3 is 2.12 bits per heavy atom. The van der Waals surface area contributed by atoms with Gasteiger partial charge in [-0.3, -0.25) is 9.59 Å². The minimum absolute atomic E-state index is 0.0190. The van der Waals surface area contributed by atoms with Gasteiger partial charge in [-0.15, -0.1) is 0 Å². The molecule has 2 saturated carbocycles. The molecule has 2 aromatic heterocycles. The molecule has 60 heavy (non-hydrogen) atoms. The highest BCUT2D eigenvalue weighted by atomic mass is 16.5. The number of carboxylic acid groups (broad SMARTS) is 1. The number of likely N-dealkylation sites (tertiary alicyclic amines) is 2. The summed E-state index contributed by atoms with van der Waals surface area (Å²) in [5.41, 5.74) is 3.11. The number of aromatic amines is 2. The number of imidazole rings is 2. The number of amides is 4. The predicted octanol–water partition coefficient (Wildman–Crippen LogP) is 5.90. The molecule has 4 aromatic rings.